The number of aryl methyl sites for hydroxylation is 1. The number of aromatic carboxylic acids is 1. The van der Waals surface area contributed by atoms with E-state index in [0.29, 0.717) is 43.9 Å². The second kappa shape index (κ2) is 6.60. The Morgan fingerprint density at radius 1 is 1.35 bits per heavy atom. The number of carbonyl (C=O) groups excluding carboxylic acids is 1. The molecule has 0 atom stereocenters. The van der Waals surface area contributed by atoms with Crippen LogP contribution in [0.3, 0.4) is 0 Å². The van der Waals surface area contributed by atoms with Crippen LogP contribution < -0.4 is 0 Å². The zero-order chi connectivity index (χ0) is 17.2. The van der Waals surface area contributed by atoms with Crippen LogP contribution in [0, 0.1) is 0 Å². The molecule has 0 aromatic carbocycles. The Labute approximate surface area is 135 Å². The number of hydrogen-bond acceptors (Lipinski definition) is 5. The zero-order valence-corrected chi connectivity index (χ0v) is 14.1. The third-order valence-electron chi connectivity index (χ3n) is 3.74. The van der Waals surface area contributed by atoms with E-state index in [1.54, 1.807) is 4.90 Å². The first-order valence-corrected chi connectivity index (χ1v) is 7.92. The van der Waals surface area contributed by atoms with Gasteiger partial charge in [0.15, 0.2) is 5.89 Å². The summed E-state index contributed by atoms with van der Waals surface area (Å²) in [5.41, 5.74) is -0.0369. The molecule has 1 fully saturated rings. The summed E-state index contributed by atoms with van der Waals surface area (Å²) in [6.07, 6.45) is 1.56. The highest BCUT2D eigenvalue weighted by atomic mass is 16.6. The minimum absolute atomic E-state index is 0.0343. The van der Waals surface area contributed by atoms with Gasteiger partial charge in [0.25, 0.3) is 0 Å². The summed E-state index contributed by atoms with van der Waals surface area (Å²) < 4.78 is 10.8. The summed E-state index contributed by atoms with van der Waals surface area (Å²) in [6, 6.07) is 0. The number of carboxylic acid groups (broad SMARTS) is 1. The maximum absolute atomic E-state index is 12.0. The molecular weight excluding hydrogens is 300 g/mol. The van der Waals surface area contributed by atoms with Gasteiger partial charge in [0.05, 0.1) is 5.69 Å². The fraction of sp³-hybridized carbons (Fsp3) is 0.688. The molecule has 128 valence electrons. The van der Waals surface area contributed by atoms with Gasteiger partial charge in [-0.3, -0.25) is 0 Å². The molecule has 1 amide bonds. The van der Waals surface area contributed by atoms with E-state index in [0.717, 1.165) is 0 Å². The van der Waals surface area contributed by atoms with Gasteiger partial charge in [0.2, 0.25) is 5.76 Å². The molecule has 0 bridgehead atoms. The normalized spacial score (nSPS) is 16.4. The Morgan fingerprint density at radius 2 is 1.96 bits per heavy atom. The van der Waals surface area contributed by atoms with E-state index in [1.807, 2.05) is 27.7 Å². The molecule has 23 heavy (non-hydrogen) atoms. The minimum Gasteiger partial charge on any atom is -0.475 e. The summed E-state index contributed by atoms with van der Waals surface area (Å²) in [5, 5.41) is 9.13. The highest BCUT2D eigenvalue weighted by Gasteiger charge is 2.31. The summed E-state index contributed by atoms with van der Waals surface area (Å²) in [7, 11) is 0. The van der Waals surface area contributed by atoms with Crippen LogP contribution in [0.15, 0.2) is 4.42 Å². The minimum atomic E-state index is -1.09. The number of aromatic nitrogens is 1. The quantitative estimate of drug-likeness (QED) is 0.918. The van der Waals surface area contributed by atoms with Crippen molar-refractivity contribution in [3.8, 4) is 0 Å². The number of carboxylic acids is 1. The van der Waals surface area contributed by atoms with Crippen LogP contribution in [0.4, 0.5) is 4.79 Å². The number of rotatable bonds is 3. The maximum atomic E-state index is 12.0. The van der Waals surface area contributed by atoms with Crippen molar-refractivity contribution in [3.63, 3.8) is 0 Å². The Hall–Kier alpha value is -2.05. The SMILES string of the molecule is CCc1nc(C2CCN(C(=O)OC(C)(C)C)CC2)oc1C(=O)O. The molecule has 7 heteroatoms. The molecular formula is C16H24N2O5. The van der Waals surface area contributed by atoms with E-state index in [-0.39, 0.29) is 17.8 Å². The molecule has 1 aliphatic heterocycles. The Kier molecular flexibility index (Phi) is 4.97. The first-order chi connectivity index (χ1) is 10.7. The van der Waals surface area contributed by atoms with E-state index in [4.69, 9.17) is 14.3 Å². The third kappa shape index (κ3) is 4.24. The molecule has 1 N–H and O–H groups in total. The number of ether oxygens (including phenoxy) is 1. The fourth-order valence-corrected chi connectivity index (χ4v) is 2.59. The Bertz CT molecular complexity index is 580. The number of piperidine rings is 1. The van der Waals surface area contributed by atoms with Crippen molar-refractivity contribution >= 4 is 12.1 Å². The topological polar surface area (TPSA) is 92.9 Å². The number of likely N-dealkylation sites (tertiary alicyclic amines) is 1. The zero-order valence-electron chi connectivity index (χ0n) is 14.1. The van der Waals surface area contributed by atoms with Gasteiger partial charge in [-0.15, -0.1) is 0 Å². The first kappa shape index (κ1) is 17.3. The van der Waals surface area contributed by atoms with Gasteiger partial charge in [0.1, 0.15) is 5.60 Å². The van der Waals surface area contributed by atoms with Gasteiger partial charge in [-0.1, -0.05) is 6.92 Å². The van der Waals surface area contributed by atoms with E-state index >= 15 is 0 Å². The van der Waals surface area contributed by atoms with Crippen LogP contribution in [0.25, 0.3) is 0 Å². The second-order valence-corrected chi connectivity index (χ2v) is 6.73. The third-order valence-corrected chi connectivity index (χ3v) is 3.74. The van der Waals surface area contributed by atoms with Gasteiger partial charge >= 0.3 is 12.1 Å². The van der Waals surface area contributed by atoms with Crippen LogP contribution in [-0.4, -0.2) is 45.7 Å². The van der Waals surface area contributed by atoms with Gasteiger partial charge in [-0.2, -0.15) is 0 Å². The number of carbonyl (C=O) groups is 2. The van der Waals surface area contributed by atoms with Crippen LogP contribution in [0.5, 0.6) is 0 Å². The molecule has 1 aromatic rings. The van der Waals surface area contributed by atoms with E-state index in [1.165, 1.54) is 0 Å². The second-order valence-electron chi connectivity index (χ2n) is 6.73. The molecule has 0 aliphatic carbocycles. The number of oxazole rings is 1. The van der Waals surface area contributed by atoms with Gasteiger partial charge in [-0.05, 0) is 40.0 Å². The van der Waals surface area contributed by atoms with Gasteiger partial charge in [0, 0.05) is 19.0 Å². The first-order valence-electron chi connectivity index (χ1n) is 7.92. The van der Waals surface area contributed by atoms with Crippen molar-refractivity contribution in [3.05, 3.63) is 17.3 Å². The average molecular weight is 324 g/mol. The van der Waals surface area contributed by atoms with Crippen molar-refractivity contribution in [2.45, 2.75) is 58.5 Å². The van der Waals surface area contributed by atoms with E-state index in [2.05, 4.69) is 4.98 Å². The summed E-state index contributed by atoms with van der Waals surface area (Å²) in [4.78, 5) is 29.2. The fourth-order valence-electron chi connectivity index (χ4n) is 2.59. The average Bonchev–Trinajstić information content (AvgIpc) is 2.90. The number of nitrogens with zero attached hydrogens (tertiary/aromatic N) is 2. The van der Waals surface area contributed by atoms with Crippen LogP contribution >= 0.6 is 0 Å². The maximum Gasteiger partial charge on any atom is 0.410 e. The molecule has 0 radical (unpaired) electrons. The largest absolute Gasteiger partial charge is 0.475 e. The number of amides is 1. The summed E-state index contributed by atoms with van der Waals surface area (Å²) in [5.74, 6) is -0.668. The van der Waals surface area contributed by atoms with Crippen molar-refractivity contribution < 1.29 is 23.8 Å². The monoisotopic (exact) mass is 324 g/mol. The van der Waals surface area contributed by atoms with Crippen molar-refractivity contribution in [2.75, 3.05) is 13.1 Å². The lowest BCUT2D eigenvalue weighted by Gasteiger charge is -2.32. The molecule has 0 spiro atoms. The molecule has 1 aliphatic rings. The molecule has 0 unspecified atom stereocenters. The van der Waals surface area contributed by atoms with Gasteiger partial charge in [-0.25, -0.2) is 14.6 Å². The Morgan fingerprint density at radius 3 is 2.39 bits per heavy atom. The highest BCUT2D eigenvalue weighted by molar-refractivity contribution is 5.85. The summed E-state index contributed by atoms with van der Waals surface area (Å²) in [6.45, 7) is 8.45. The van der Waals surface area contributed by atoms with Crippen molar-refractivity contribution in [1.82, 2.24) is 9.88 Å². The number of hydrogen-bond donors (Lipinski definition) is 1. The molecule has 1 saturated heterocycles. The lowest BCUT2D eigenvalue weighted by atomic mass is 9.97. The molecule has 1 aromatic heterocycles. The highest BCUT2D eigenvalue weighted by Crippen LogP contribution is 2.29. The molecule has 0 saturated carbocycles. The Balaban J connectivity index is 1.99. The van der Waals surface area contributed by atoms with E-state index < -0.39 is 11.6 Å². The lowest BCUT2D eigenvalue weighted by Crippen LogP contribution is -2.41. The van der Waals surface area contributed by atoms with Crippen LogP contribution in [0.2, 0.25) is 0 Å². The van der Waals surface area contributed by atoms with Gasteiger partial charge < -0.3 is 19.2 Å². The summed E-state index contributed by atoms with van der Waals surface area (Å²) >= 11 is 0. The molecule has 7 nitrogen and oxygen atoms in total. The van der Waals surface area contributed by atoms with E-state index in [9.17, 15) is 9.59 Å². The predicted molar refractivity (Wildman–Crippen MR) is 82.6 cm³/mol. The van der Waals surface area contributed by atoms with Crippen LogP contribution in [0.1, 0.15) is 68.6 Å². The van der Waals surface area contributed by atoms with Crippen molar-refractivity contribution in [2.24, 2.45) is 0 Å². The lowest BCUT2D eigenvalue weighted by molar-refractivity contribution is 0.0199. The van der Waals surface area contributed by atoms with Crippen LogP contribution in [-0.2, 0) is 11.2 Å². The smallest absolute Gasteiger partial charge is 0.410 e. The van der Waals surface area contributed by atoms with Crippen molar-refractivity contribution in [1.29, 1.82) is 0 Å². The predicted octanol–water partition coefficient (Wildman–Crippen LogP) is 3.05. The molecule has 2 heterocycles. The standard InChI is InChI=1S/C16H24N2O5/c1-5-11-12(14(19)20)22-13(17-11)10-6-8-18(9-7-10)15(21)23-16(2,3)4/h10H,5-9H2,1-4H3,(H,19,20). The molecule has 2 rings (SSSR count).